The van der Waals surface area contributed by atoms with Crippen molar-refractivity contribution in [1.82, 2.24) is 10.0 Å². The molecule has 0 spiro atoms. The third kappa shape index (κ3) is 12.1. The quantitative estimate of drug-likeness (QED) is 0.656. The van der Waals surface area contributed by atoms with Gasteiger partial charge >= 0.3 is 0 Å². The van der Waals surface area contributed by atoms with E-state index in [1.165, 1.54) is 0 Å². The number of rotatable bonds is 8. The summed E-state index contributed by atoms with van der Waals surface area (Å²) >= 11 is 0. The summed E-state index contributed by atoms with van der Waals surface area (Å²) in [6, 6.07) is 0.464. The van der Waals surface area contributed by atoms with Crippen molar-refractivity contribution in [1.29, 1.82) is 0 Å². The molecule has 2 N–H and O–H groups in total. The predicted molar refractivity (Wildman–Crippen MR) is 73.6 cm³/mol. The second-order valence-corrected chi connectivity index (χ2v) is 7.94. The van der Waals surface area contributed by atoms with Gasteiger partial charge in [-0.15, -0.1) is 0 Å². The van der Waals surface area contributed by atoms with Crippen molar-refractivity contribution >= 4 is 10.0 Å². The van der Waals surface area contributed by atoms with Gasteiger partial charge < -0.3 is 5.32 Å². The molecule has 0 saturated carbocycles. The van der Waals surface area contributed by atoms with Gasteiger partial charge in [0.05, 0.1) is 5.75 Å². The SMILES string of the molecule is CC(C)NCCCCS(=O)(=O)NCC(C)(C)C. The minimum atomic E-state index is -3.09. The number of hydrogen-bond acceptors (Lipinski definition) is 3. The first-order chi connectivity index (χ1) is 7.62. The summed E-state index contributed by atoms with van der Waals surface area (Å²) in [4.78, 5) is 0. The fourth-order valence-electron chi connectivity index (χ4n) is 1.21. The summed E-state index contributed by atoms with van der Waals surface area (Å²) < 4.78 is 25.9. The summed E-state index contributed by atoms with van der Waals surface area (Å²) in [5, 5.41) is 3.27. The Balaban J connectivity index is 3.72. The molecule has 17 heavy (non-hydrogen) atoms. The predicted octanol–water partition coefficient (Wildman–Crippen LogP) is 1.73. The van der Waals surface area contributed by atoms with Crippen molar-refractivity contribution in [2.24, 2.45) is 5.41 Å². The summed E-state index contributed by atoms with van der Waals surface area (Å²) in [5.41, 5.74) is -0.00767. The largest absolute Gasteiger partial charge is 0.315 e. The van der Waals surface area contributed by atoms with Crippen LogP contribution in [0.3, 0.4) is 0 Å². The van der Waals surface area contributed by atoms with Crippen LogP contribution in [0.5, 0.6) is 0 Å². The Labute approximate surface area is 107 Å². The number of unbranched alkanes of at least 4 members (excludes halogenated alkanes) is 1. The molecule has 0 aliphatic carbocycles. The van der Waals surface area contributed by atoms with Crippen molar-refractivity contribution in [2.75, 3.05) is 18.8 Å². The summed E-state index contributed by atoms with van der Waals surface area (Å²) in [5.74, 6) is 0.225. The lowest BCUT2D eigenvalue weighted by Gasteiger charge is -2.18. The van der Waals surface area contributed by atoms with Crippen molar-refractivity contribution in [3.05, 3.63) is 0 Å². The summed E-state index contributed by atoms with van der Waals surface area (Å²) in [6.07, 6.45) is 1.60. The molecule has 0 fully saturated rings. The Kier molecular flexibility index (Phi) is 7.28. The lowest BCUT2D eigenvalue weighted by Crippen LogP contribution is -2.34. The lowest BCUT2D eigenvalue weighted by molar-refractivity contribution is 0.407. The molecule has 0 aliphatic rings. The molecular formula is C12H28N2O2S. The first kappa shape index (κ1) is 16.9. The fourth-order valence-corrected chi connectivity index (χ4v) is 2.59. The summed E-state index contributed by atoms with van der Waals surface area (Å²) in [7, 11) is -3.09. The maximum Gasteiger partial charge on any atom is 0.211 e. The minimum Gasteiger partial charge on any atom is -0.315 e. The highest BCUT2D eigenvalue weighted by atomic mass is 32.2. The van der Waals surface area contributed by atoms with E-state index in [-0.39, 0.29) is 11.2 Å². The van der Waals surface area contributed by atoms with Gasteiger partial charge in [-0.2, -0.15) is 0 Å². The van der Waals surface area contributed by atoms with Crippen molar-refractivity contribution in [2.45, 2.75) is 53.5 Å². The molecule has 0 aliphatic heterocycles. The number of hydrogen-bond donors (Lipinski definition) is 2. The van der Waals surface area contributed by atoms with Gasteiger partial charge in [0.15, 0.2) is 0 Å². The van der Waals surface area contributed by atoms with Crippen LogP contribution in [0.2, 0.25) is 0 Å². The highest BCUT2D eigenvalue weighted by Crippen LogP contribution is 2.11. The van der Waals surface area contributed by atoms with Gasteiger partial charge in [0.2, 0.25) is 10.0 Å². The van der Waals surface area contributed by atoms with Crippen LogP contribution >= 0.6 is 0 Å². The summed E-state index contributed by atoms with van der Waals surface area (Å²) in [6.45, 7) is 11.6. The van der Waals surface area contributed by atoms with Crippen molar-refractivity contribution < 1.29 is 8.42 Å². The third-order valence-electron chi connectivity index (χ3n) is 2.21. The molecule has 0 aromatic heterocycles. The Morgan fingerprint density at radius 3 is 2.18 bits per heavy atom. The third-order valence-corrected chi connectivity index (χ3v) is 3.63. The standard InChI is InChI=1S/C12H28N2O2S/c1-11(2)13-8-6-7-9-17(15,16)14-10-12(3,4)5/h11,13-14H,6-10H2,1-5H3. The van der Waals surface area contributed by atoms with Crippen LogP contribution < -0.4 is 10.0 Å². The van der Waals surface area contributed by atoms with E-state index >= 15 is 0 Å². The molecule has 0 rings (SSSR count). The number of sulfonamides is 1. The smallest absolute Gasteiger partial charge is 0.211 e. The Hall–Kier alpha value is -0.130. The molecule has 0 aromatic carbocycles. The van der Waals surface area contributed by atoms with Crippen molar-refractivity contribution in [3.8, 4) is 0 Å². The van der Waals surface area contributed by atoms with E-state index in [2.05, 4.69) is 23.9 Å². The van der Waals surface area contributed by atoms with Gasteiger partial charge in [-0.1, -0.05) is 34.6 Å². The van der Waals surface area contributed by atoms with Gasteiger partial charge in [-0.25, -0.2) is 13.1 Å². The highest BCUT2D eigenvalue weighted by Gasteiger charge is 2.15. The van der Waals surface area contributed by atoms with E-state index in [4.69, 9.17) is 0 Å². The first-order valence-corrected chi connectivity index (χ1v) is 7.98. The normalized spacial score (nSPS) is 13.3. The maximum atomic E-state index is 11.6. The Bertz CT molecular complexity index is 292. The first-order valence-electron chi connectivity index (χ1n) is 6.33. The van der Waals surface area contributed by atoms with E-state index in [1.54, 1.807) is 0 Å². The molecule has 4 nitrogen and oxygen atoms in total. The van der Waals surface area contributed by atoms with E-state index in [0.717, 1.165) is 13.0 Å². The highest BCUT2D eigenvalue weighted by molar-refractivity contribution is 7.89. The van der Waals surface area contributed by atoms with Gasteiger partial charge in [-0.3, -0.25) is 0 Å². The zero-order valence-electron chi connectivity index (χ0n) is 11.8. The van der Waals surface area contributed by atoms with Crippen LogP contribution in [0.1, 0.15) is 47.5 Å². The van der Waals surface area contributed by atoms with E-state index in [0.29, 0.717) is 19.0 Å². The Morgan fingerprint density at radius 2 is 1.71 bits per heavy atom. The molecule has 0 radical (unpaired) electrons. The zero-order chi connectivity index (χ0) is 13.5. The molecule has 104 valence electrons. The molecular weight excluding hydrogens is 236 g/mol. The molecule has 0 saturated heterocycles. The molecule has 0 heterocycles. The van der Waals surface area contributed by atoms with Crippen LogP contribution in [0.15, 0.2) is 0 Å². The van der Waals surface area contributed by atoms with Gasteiger partial charge in [0, 0.05) is 12.6 Å². The average molecular weight is 264 g/mol. The van der Waals surface area contributed by atoms with E-state index in [1.807, 2.05) is 20.8 Å². The van der Waals surface area contributed by atoms with Crippen LogP contribution in [-0.2, 0) is 10.0 Å². The molecule has 0 unspecified atom stereocenters. The van der Waals surface area contributed by atoms with Gasteiger partial charge in [-0.05, 0) is 24.8 Å². The van der Waals surface area contributed by atoms with E-state index < -0.39 is 10.0 Å². The van der Waals surface area contributed by atoms with Gasteiger partial charge in [0.1, 0.15) is 0 Å². The van der Waals surface area contributed by atoms with Crippen LogP contribution in [0.4, 0.5) is 0 Å². The van der Waals surface area contributed by atoms with Crippen LogP contribution in [-0.4, -0.2) is 33.3 Å². The van der Waals surface area contributed by atoms with Crippen molar-refractivity contribution in [3.63, 3.8) is 0 Å². The maximum absolute atomic E-state index is 11.6. The Morgan fingerprint density at radius 1 is 1.12 bits per heavy atom. The average Bonchev–Trinajstić information content (AvgIpc) is 2.13. The number of nitrogens with one attached hydrogen (secondary N) is 2. The minimum absolute atomic E-state index is 0.00767. The topological polar surface area (TPSA) is 58.2 Å². The lowest BCUT2D eigenvalue weighted by atomic mass is 9.98. The fraction of sp³-hybridized carbons (Fsp3) is 1.00. The second kappa shape index (κ2) is 7.34. The molecule has 0 aromatic rings. The molecule has 0 bridgehead atoms. The van der Waals surface area contributed by atoms with Gasteiger partial charge in [0.25, 0.3) is 0 Å². The van der Waals surface area contributed by atoms with Crippen LogP contribution in [0, 0.1) is 5.41 Å². The monoisotopic (exact) mass is 264 g/mol. The molecule has 5 heteroatoms. The zero-order valence-corrected chi connectivity index (χ0v) is 12.7. The molecule has 0 amide bonds. The second-order valence-electron chi connectivity index (χ2n) is 6.02. The molecule has 0 atom stereocenters. The van der Waals surface area contributed by atoms with E-state index in [9.17, 15) is 8.42 Å². The van der Waals surface area contributed by atoms with Crippen LogP contribution in [0.25, 0.3) is 0 Å².